The number of esters is 1. The molecule has 0 spiro atoms. The topological polar surface area (TPSA) is 156 Å². The van der Waals surface area contributed by atoms with E-state index < -0.39 is 19.8 Å². The molecule has 0 radical (unpaired) electrons. The number of anilines is 2. The molecule has 2 aromatic heterocycles. The van der Waals surface area contributed by atoms with Gasteiger partial charge in [0.05, 0.1) is 19.0 Å². The van der Waals surface area contributed by atoms with E-state index in [-0.39, 0.29) is 31.1 Å². The summed E-state index contributed by atoms with van der Waals surface area (Å²) >= 11 is 0. The normalized spacial score (nSPS) is 20.0. The monoisotopic (exact) mass is 603 g/mol. The van der Waals surface area contributed by atoms with Crippen LogP contribution in [-0.2, 0) is 25.2 Å². The molecule has 0 amide bonds. The van der Waals surface area contributed by atoms with Gasteiger partial charge in [-0.05, 0) is 43.9 Å². The van der Waals surface area contributed by atoms with Gasteiger partial charge in [0.25, 0.3) is 0 Å². The van der Waals surface area contributed by atoms with Crippen molar-refractivity contribution in [3.05, 3.63) is 84.7 Å². The van der Waals surface area contributed by atoms with E-state index in [0.29, 0.717) is 35.2 Å². The minimum Gasteiger partial charge on any atom is -0.460 e. The molecule has 2 aromatic carbocycles. The van der Waals surface area contributed by atoms with Gasteiger partial charge in [-0.1, -0.05) is 60.7 Å². The molecule has 2 heterocycles. The van der Waals surface area contributed by atoms with E-state index in [0.717, 1.165) is 18.4 Å². The van der Waals surface area contributed by atoms with E-state index in [1.54, 1.807) is 37.5 Å². The Kier molecular flexibility index (Phi) is 8.42. The number of carbonyl (C=O) groups excluding carboxylic acids is 1. The quantitative estimate of drug-likeness (QED) is 0.107. The van der Waals surface area contributed by atoms with Crippen molar-refractivity contribution in [3.8, 4) is 5.75 Å². The average Bonchev–Trinajstić information content (AvgIpc) is 3.52. The number of nitrogens with two attached hydrogens (primary N) is 1. The third kappa shape index (κ3) is 7.22. The number of allylic oxidation sites excluding steroid dienone is 1. The van der Waals surface area contributed by atoms with Crippen molar-refractivity contribution in [3.63, 3.8) is 0 Å². The fraction of sp³-hybridized carbons (Fsp3) is 0.333. The van der Waals surface area contributed by atoms with Gasteiger partial charge in [-0.2, -0.15) is 15.1 Å². The number of hydrogen-bond donors (Lipinski definition) is 3. The molecule has 6 rings (SSSR count). The molecule has 4 N–H and O–H groups in total. The molecule has 4 atom stereocenters. The summed E-state index contributed by atoms with van der Waals surface area (Å²) in [5, 5.41) is 6.14. The van der Waals surface area contributed by atoms with Crippen LogP contribution in [0, 0.1) is 5.92 Å². The van der Waals surface area contributed by atoms with Gasteiger partial charge < -0.3 is 24.9 Å². The molecular weight excluding hydrogens is 569 g/mol. The molecule has 1 unspecified atom stereocenters. The molecular formula is C30H34N7O5P. The van der Waals surface area contributed by atoms with E-state index in [2.05, 4.69) is 25.4 Å². The van der Waals surface area contributed by atoms with Gasteiger partial charge in [0.2, 0.25) is 5.95 Å². The second-order valence-corrected chi connectivity index (χ2v) is 12.5. The summed E-state index contributed by atoms with van der Waals surface area (Å²) in [5.41, 5.74) is 8.19. The maximum absolute atomic E-state index is 13.9. The maximum atomic E-state index is 13.9. The van der Waals surface area contributed by atoms with Crippen LogP contribution in [0.5, 0.6) is 5.75 Å². The first kappa shape index (κ1) is 28.9. The lowest BCUT2D eigenvalue weighted by atomic mass is 10.1. The van der Waals surface area contributed by atoms with Crippen molar-refractivity contribution in [1.82, 2.24) is 24.6 Å². The van der Waals surface area contributed by atoms with Crippen molar-refractivity contribution in [2.75, 3.05) is 17.7 Å². The highest BCUT2D eigenvalue weighted by Gasteiger charge is 2.34. The third-order valence-electron chi connectivity index (χ3n) is 7.22. The smallest absolute Gasteiger partial charge is 0.459 e. The molecule has 4 aromatic rings. The fourth-order valence-corrected chi connectivity index (χ4v) is 6.37. The van der Waals surface area contributed by atoms with Gasteiger partial charge in [0.15, 0.2) is 17.0 Å². The highest BCUT2D eigenvalue weighted by molar-refractivity contribution is 7.52. The minimum absolute atomic E-state index is 0.0593. The molecule has 224 valence electrons. The molecule has 13 heteroatoms. The summed E-state index contributed by atoms with van der Waals surface area (Å²) in [7, 11) is -3.99. The molecule has 43 heavy (non-hydrogen) atoms. The Morgan fingerprint density at radius 2 is 1.84 bits per heavy atom. The van der Waals surface area contributed by atoms with Crippen LogP contribution in [0.2, 0.25) is 0 Å². The summed E-state index contributed by atoms with van der Waals surface area (Å²) in [6, 6.07) is 17.4. The zero-order valence-electron chi connectivity index (χ0n) is 23.7. The lowest BCUT2D eigenvalue weighted by Gasteiger charge is -2.24. The Morgan fingerprint density at radius 1 is 1.09 bits per heavy atom. The van der Waals surface area contributed by atoms with Crippen molar-refractivity contribution in [2.45, 2.75) is 50.9 Å². The zero-order valence-corrected chi connectivity index (χ0v) is 24.6. The SMILES string of the molecule is C[C@H](NP(=O)(OC[C@@H]1C=C[C@H](n2cnc3c(NC4CC4)nc(N)nc32)C1)Oc1ccccc1)C(=O)OCc1ccccc1. The van der Waals surface area contributed by atoms with Gasteiger partial charge in [-0.3, -0.25) is 9.32 Å². The number of hydrogen-bond acceptors (Lipinski definition) is 10. The fourth-order valence-electron chi connectivity index (χ4n) is 4.83. The number of para-hydroxylation sites is 1. The first-order valence-electron chi connectivity index (χ1n) is 14.3. The molecule has 2 aliphatic rings. The Hall–Kier alpha value is -4.25. The second kappa shape index (κ2) is 12.5. The van der Waals surface area contributed by atoms with Crippen molar-refractivity contribution in [1.29, 1.82) is 0 Å². The van der Waals surface area contributed by atoms with Gasteiger partial charge in [-0.25, -0.2) is 9.55 Å². The molecule has 1 saturated carbocycles. The standard InChI is InChI=1S/C30H34N7O5P/c1-20(29(38)40-17-21-8-4-2-5-9-21)36-43(39,42-25-10-6-3-7-11-25)41-18-22-12-15-24(16-22)37-19-32-26-27(33-23-13-14-23)34-30(31)35-28(26)37/h2-12,15,19-20,22-24H,13-14,16-18H2,1H3,(H,36,39)(H3,31,33,34,35)/t20-,22+,24-,43?/m0/s1. The van der Waals surface area contributed by atoms with Crippen LogP contribution in [0.3, 0.4) is 0 Å². The van der Waals surface area contributed by atoms with Crippen LogP contribution in [0.1, 0.15) is 37.8 Å². The summed E-state index contributed by atoms with van der Waals surface area (Å²) in [5.74, 6) is 0.517. The summed E-state index contributed by atoms with van der Waals surface area (Å²) < 4.78 is 33.1. The lowest BCUT2D eigenvalue weighted by molar-refractivity contribution is -0.146. The van der Waals surface area contributed by atoms with Gasteiger partial charge in [0.1, 0.15) is 18.4 Å². The van der Waals surface area contributed by atoms with Crippen molar-refractivity contribution >= 4 is 36.6 Å². The number of rotatable bonds is 13. The van der Waals surface area contributed by atoms with Crippen LogP contribution in [0.4, 0.5) is 11.8 Å². The number of ether oxygens (including phenoxy) is 1. The number of nitrogen functional groups attached to an aromatic ring is 1. The largest absolute Gasteiger partial charge is 0.460 e. The molecule has 0 aliphatic heterocycles. The number of fused-ring (bicyclic) bond motifs is 1. The van der Waals surface area contributed by atoms with E-state index in [9.17, 15) is 9.36 Å². The van der Waals surface area contributed by atoms with E-state index >= 15 is 0 Å². The third-order valence-corrected chi connectivity index (χ3v) is 8.86. The highest BCUT2D eigenvalue weighted by atomic mass is 31.2. The minimum atomic E-state index is -3.99. The van der Waals surface area contributed by atoms with Crippen LogP contribution >= 0.6 is 7.75 Å². The first-order valence-corrected chi connectivity index (χ1v) is 15.8. The molecule has 0 bridgehead atoms. The average molecular weight is 604 g/mol. The van der Waals surface area contributed by atoms with E-state index in [4.69, 9.17) is 19.5 Å². The van der Waals surface area contributed by atoms with E-state index in [1.807, 2.05) is 53.1 Å². The number of aromatic nitrogens is 4. The van der Waals surface area contributed by atoms with Crippen LogP contribution in [0.25, 0.3) is 11.2 Å². The van der Waals surface area contributed by atoms with Crippen LogP contribution in [0.15, 0.2) is 79.1 Å². The van der Waals surface area contributed by atoms with Gasteiger partial charge >= 0.3 is 13.7 Å². The number of imidazole rings is 1. The molecule has 12 nitrogen and oxygen atoms in total. The van der Waals surface area contributed by atoms with E-state index in [1.165, 1.54) is 0 Å². The summed E-state index contributed by atoms with van der Waals surface area (Å²) in [6.07, 6.45) is 8.64. The maximum Gasteiger partial charge on any atom is 0.459 e. The first-order chi connectivity index (χ1) is 20.8. The number of carbonyl (C=O) groups is 1. The Balaban J connectivity index is 1.11. The number of benzene rings is 2. The molecule has 2 aliphatic carbocycles. The number of nitrogens with one attached hydrogen (secondary N) is 2. The van der Waals surface area contributed by atoms with Crippen LogP contribution < -0.4 is 20.7 Å². The highest BCUT2D eigenvalue weighted by Crippen LogP contribution is 2.46. The molecule has 0 saturated heterocycles. The second-order valence-electron chi connectivity index (χ2n) is 10.8. The zero-order chi connectivity index (χ0) is 29.8. The number of nitrogens with zero attached hydrogens (tertiary/aromatic N) is 4. The van der Waals surface area contributed by atoms with Gasteiger partial charge in [0, 0.05) is 12.0 Å². The predicted molar refractivity (Wildman–Crippen MR) is 162 cm³/mol. The van der Waals surface area contributed by atoms with Crippen LogP contribution in [-0.4, -0.2) is 44.2 Å². The Labute approximate surface area is 249 Å². The Morgan fingerprint density at radius 3 is 2.58 bits per heavy atom. The molecule has 1 fully saturated rings. The predicted octanol–water partition coefficient (Wildman–Crippen LogP) is 5.03. The lowest BCUT2D eigenvalue weighted by Crippen LogP contribution is -2.35. The van der Waals surface area contributed by atoms with Crippen molar-refractivity contribution < 1.29 is 23.1 Å². The van der Waals surface area contributed by atoms with Crippen molar-refractivity contribution in [2.24, 2.45) is 5.92 Å². The Bertz CT molecular complexity index is 1640. The summed E-state index contributed by atoms with van der Waals surface area (Å²) in [6.45, 7) is 1.75. The van der Waals surface area contributed by atoms with Gasteiger partial charge in [-0.15, -0.1) is 0 Å². The summed E-state index contributed by atoms with van der Waals surface area (Å²) in [4.78, 5) is 26.1.